The predicted octanol–water partition coefficient (Wildman–Crippen LogP) is 0.574. The second-order valence-corrected chi connectivity index (χ2v) is 3.73. The number of carbonyl (C=O) groups is 1. The highest BCUT2D eigenvalue weighted by Crippen LogP contribution is 2.22. The molecule has 0 saturated heterocycles. The topological polar surface area (TPSA) is 99.8 Å². The lowest BCUT2D eigenvalue weighted by molar-refractivity contribution is -0.120. The summed E-state index contributed by atoms with van der Waals surface area (Å²) in [6.07, 6.45) is 4.84. The molecule has 0 radical (unpaired) electrons. The van der Waals surface area contributed by atoms with E-state index < -0.39 is 11.9 Å². The molecule has 0 aliphatic rings. The highest BCUT2D eigenvalue weighted by Gasteiger charge is 2.15. The van der Waals surface area contributed by atoms with Crippen LogP contribution in [0.2, 0.25) is 0 Å². The van der Waals surface area contributed by atoms with Gasteiger partial charge in [0, 0.05) is 11.8 Å². The Labute approximate surface area is 98.3 Å². The van der Waals surface area contributed by atoms with E-state index in [0.29, 0.717) is 5.82 Å². The number of primary amides is 1. The molecule has 17 heavy (non-hydrogen) atoms. The van der Waals surface area contributed by atoms with E-state index in [4.69, 9.17) is 11.5 Å². The standard InChI is InChI=1S/C11H13N5O/c1-7(11(13)17)16-6-14-5-9(16)8-2-3-15-10(12)4-8/h2-7H,1H3,(H2,12,15)(H2,13,17). The number of aromatic nitrogens is 3. The van der Waals surface area contributed by atoms with Gasteiger partial charge in [0.25, 0.3) is 0 Å². The van der Waals surface area contributed by atoms with Crippen LogP contribution < -0.4 is 11.5 Å². The van der Waals surface area contributed by atoms with Crippen molar-refractivity contribution in [1.82, 2.24) is 14.5 Å². The summed E-state index contributed by atoms with van der Waals surface area (Å²) in [7, 11) is 0. The fourth-order valence-electron chi connectivity index (χ4n) is 1.58. The molecule has 1 unspecified atom stereocenters. The number of hydrogen-bond donors (Lipinski definition) is 2. The van der Waals surface area contributed by atoms with E-state index >= 15 is 0 Å². The van der Waals surface area contributed by atoms with Crippen molar-refractivity contribution < 1.29 is 4.79 Å². The second kappa shape index (κ2) is 4.25. The molecule has 2 heterocycles. The number of hydrogen-bond acceptors (Lipinski definition) is 4. The van der Waals surface area contributed by atoms with Gasteiger partial charge in [-0.3, -0.25) is 4.79 Å². The van der Waals surface area contributed by atoms with Gasteiger partial charge in [-0.1, -0.05) is 0 Å². The Hall–Kier alpha value is -2.37. The number of imidazole rings is 1. The van der Waals surface area contributed by atoms with Crippen LogP contribution in [0.25, 0.3) is 11.3 Å². The van der Waals surface area contributed by atoms with Gasteiger partial charge in [-0.2, -0.15) is 0 Å². The van der Waals surface area contributed by atoms with Crippen molar-refractivity contribution in [2.24, 2.45) is 5.73 Å². The van der Waals surface area contributed by atoms with Crippen LogP contribution in [0.4, 0.5) is 5.82 Å². The Morgan fingerprint density at radius 3 is 2.94 bits per heavy atom. The van der Waals surface area contributed by atoms with Crippen LogP contribution in [0.15, 0.2) is 30.9 Å². The summed E-state index contributed by atoms with van der Waals surface area (Å²) < 4.78 is 1.71. The van der Waals surface area contributed by atoms with Gasteiger partial charge in [-0.15, -0.1) is 0 Å². The molecule has 6 heteroatoms. The number of nitrogen functional groups attached to an aromatic ring is 1. The van der Waals surface area contributed by atoms with Crippen molar-refractivity contribution in [2.75, 3.05) is 5.73 Å². The predicted molar refractivity (Wildman–Crippen MR) is 63.8 cm³/mol. The van der Waals surface area contributed by atoms with Gasteiger partial charge >= 0.3 is 0 Å². The zero-order valence-electron chi connectivity index (χ0n) is 9.37. The quantitative estimate of drug-likeness (QED) is 0.806. The van der Waals surface area contributed by atoms with E-state index in [0.717, 1.165) is 11.3 Å². The third-order valence-corrected chi connectivity index (χ3v) is 2.57. The lowest BCUT2D eigenvalue weighted by atomic mass is 10.2. The first-order valence-corrected chi connectivity index (χ1v) is 5.12. The minimum atomic E-state index is -0.457. The van der Waals surface area contributed by atoms with E-state index in [1.807, 2.05) is 0 Å². The first kappa shape index (κ1) is 11.1. The minimum Gasteiger partial charge on any atom is -0.384 e. The third-order valence-electron chi connectivity index (χ3n) is 2.57. The molecular formula is C11H13N5O. The fraction of sp³-hybridized carbons (Fsp3) is 0.182. The van der Waals surface area contributed by atoms with Crippen molar-refractivity contribution in [3.63, 3.8) is 0 Å². The largest absolute Gasteiger partial charge is 0.384 e. The molecule has 88 valence electrons. The highest BCUT2D eigenvalue weighted by molar-refractivity contribution is 5.79. The molecular weight excluding hydrogens is 218 g/mol. The van der Waals surface area contributed by atoms with Crippen LogP contribution >= 0.6 is 0 Å². The van der Waals surface area contributed by atoms with Gasteiger partial charge < -0.3 is 16.0 Å². The molecule has 1 amide bonds. The van der Waals surface area contributed by atoms with Crippen molar-refractivity contribution in [1.29, 1.82) is 0 Å². The maximum absolute atomic E-state index is 11.2. The molecule has 1 atom stereocenters. The zero-order valence-corrected chi connectivity index (χ0v) is 9.37. The van der Waals surface area contributed by atoms with Crippen LogP contribution in [0.5, 0.6) is 0 Å². The molecule has 2 aromatic rings. The van der Waals surface area contributed by atoms with E-state index in [1.54, 1.807) is 42.3 Å². The first-order chi connectivity index (χ1) is 8.09. The monoisotopic (exact) mass is 231 g/mol. The number of rotatable bonds is 3. The number of nitrogens with two attached hydrogens (primary N) is 2. The summed E-state index contributed by atoms with van der Waals surface area (Å²) in [5.74, 6) is 0.00764. The number of nitrogens with zero attached hydrogens (tertiary/aromatic N) is 3. The average molecular weight is 231 g/mol. The van der Waals surface area contributed by atoms with Gasteiger partial charge in [-0.05, 0) is 19.1 Å². The summed E-state index contributed by atoms with van der Waals surface area (Å²) in [5, 5.41) is 0. The smallest absolute Gasteiger partial charge is 0.240 e. The van der Waals surface area contributed by atoms with Crippen molar-refractivity contribution in [2.45, 2.75) is 13.0 Å². The van der Waals surface area contributed by atoms with Crippen molar-refractivity contribution in [3.8, 4) is 11.3 Å². The molecule has 0 saturated carbocycles. The SMILES string of the molecule is CC(C(N)=O)n1cncc1-c1ccnc(N)c1. The Balaban J connectivity index is 2.47. The van der Waals surface area contributed by atoms with Gasteiger partial charge in [0.15, 0.2) is 0 Å². The van der Waals surface area contributed by atoms with Crippen LogP contribution in [-0.2, 0) is 4.79 Å². The molecule has 0 spiro atoms. The van der Waals surface area contributed by atoms with Gasteiger partial charge in [0.05, 0.1) is 18.2 Å². The summed E-state index contributed by atoms with van der Waals surface area (Å²) in [6, 6.07) is 3.07. The van der Waals surface area contributed by atoms with Gasteiger partial charge in [0.1, 0.15) is 11.9 Å². The first-order valence-electron chi connectivity index (χ1n) is 5.12. The highest BCUT2D eigenvalue weighted by atomic mass is 16.1. The van der Waals surface area contributed by atoms with Gasteiger partial charge in [-0.25, -0.2) is 9.97 Å². The Bertz CT molecular complexity index is 548. The normalized spacial score (nSPS) is 12.3. The molecule has 2 aromatic heterocycles. The number of amides is 1. The molecule has 0 bridgehead atoms. The van der Waals surface area contributed by atoms with Crippen LogP contribution in [0.3, 0.4) is 0 Å². The lowest BCUT2D eigenvalue weighted by Crippen LogP contribution is -2.23. The zero-order chi connectivity index (χ0) is 12.4. The average Bonchev–Trinajstić information content (AvgIpc) is 2.76. The van der Waals surface area contributed by atoms with Crippen molar-refractivity contribution >= 4 is 11.7 Å². The van der Waals surface area contributed by atoms with Crippen molar-refractivity contribution in [3.05, 3.63) is 30.9 Å². The lowest BCUT2D eigenvalue weighted by Gasteiger charge is -2.13. The summed E-state index contributed by atoms with van der Waals surface area (Å²) in [4.78, 5) is 19.1. The summed E-state index contributed by atoms with van der Waals surface area (Å²) >= 11 is 0. The third kappa shape index (κ3) is 2.10. The molecule has 0 aliphatic carbocycles. The number of carbonyl (C=O) groups excluding carboxylic acids is 1. The Morgan fingerprint density at radius 1 is 1.53 bits per heavy atom. The Kier molecular flexibility index (Phi) is 2.78. The summed E-state index contributed by atoms with van der Waals surface area (Å²) in [5.41, 5.74) is 12.5. The minimum absolute atomic E-state index is 0.411. The molecule has 0 aromatic carbocycles. The maximum Gasteiger partial charge on any atom is 0.240 e. The van der Waals surface area contributed by atoms with Crippen LogP contribution in [0.1, 0.15) is 13.0 Å². The maximum atomic E-state index is 11.2. The molecule has 0 aliphatic heterocycles. The summed E-state index contributed by atoms with van der Waals surface area (Å²) in [6.45, 7) is 1.72. The van der Waals surface area contributed by atoms with E-state index in [1.165, 1.54) is 0 Å². The molecule has 6 nitrogen and oxygen atoms in total. The van der Waals surface area contributed by atoms with Crippen LogP contribution in [0, 0.1) is 0 Å². The number of pyridine rings is 1. The van der Waals surface area contributed by atoms with E-state index in [-0.39, 0.29) is 0 Å². The molecule has 0 fully saturated rings. The fourth-order valence-corrected chi connectivity index (χ4v) is 1.58. The van der Waals surface area contributed by atoms with E-state index in [9.17, 15) is 4.79 Å². The van der Waals surface area contributed by atoms with Gasteiger partial charge in [0.2, 0.25) is 5.91 Å². The number of anilines is 1. The second-order valence-electron chi connectivity index (χ2n) is 3.73. The van der Waals surface area contributed by atoms with Crippen LogP contribution in [-0.4, -0.2) is 20.4 Å². The van der Waals surface area contributed by atoms with E-state index in [2.05, 4.69) is 9.97 Å². The molecule has 2 rings (SSSR count). The Morgan fingerprint density at radius 2 is 2.29 bits per heavy atom. The molecule has 4 N–H and O–H groups in total.